The quantitative estimate of drug-likeness (QED) is 0.741. The van der Waals surface area contributed by atoms with Gasteiger partial charge in [-0.05, 0) is 50.2 Å². The highest BCUT2D eigenvalue weighted by Crippen LogP contribution is 2.29. The number of rotatable bonds is 6. The van der Waals surface area contributed by atoms with Crippen LogP contribution in [-0.2, 0) is 4.79 Å². The Bertz CT molecular complexity index is 787. The zero-order valence-corrected chi connectivity index (χ0v) is 15.4. The second kappa shape index (κ2) is 8.23. The molecule has 1 unspecified atom stereocenters. The average molecular weight is 382 g/mol. The zero-order chi connectivity index (χ0) is 18.6. The van der Waals surface area contributed by atoms with Crippen molar-refractivity contribution < 1.29 is 19.1 Å². The fraction of sp³-hybridized carbons (Fsp3) is 0.222. The van der Waals surface area contributed by atoms with Crippen molar-refractivity contribution in [3.63, 3.8) is 0 Å². The fourth-order valence-electron chi connectivity index (χ4n) is 2.10. The Balaban J connectivity index is 2.11. The van der Waals surface area contributed by atoms with Gasteiger partial charge in [-0.3, -0.25) is 9.59 Å². The van der Waals surface area contributed by atoms with E-state index in [2.05, 4.69) is 5.32 Å². The summed E-state index contributed by atoms with van der Waals surface area (Å²) in [5, 5.41) is 3.51. The second-order valence-electron chi connectivity index (χ2n) is 5.33. The van der Waals surface area contributed by atoms with Gasteiger partial charge in [0.1, 0.15) is 0 Å². The largest absolute Gasteiger partial charge is 0.493 e. The number of hydrogen-bond donors (Lipinski definition) is 1. The molecule has 1 amide bonds. The van der Waals surface area contributed by atoms with Crippen LogP contribution < -0.4 is 14.8 Å². The van der Waals surface area contributed by atoms with Crippen LogP contribution in [0.2, 0.25) is 10.0 Å². The predicted molar refractivity (Wildman–Crippen MR) is 98.2 cm³/mol. The minimum atomic E-state index is -0.810. The topological polar surface area (TPSA) is 64.6 Å². The molecule has 0 fully saturated rings. The maximum Gasteiger partial charge on any atom is 0.265 e. The van der Waals surface area contributed by atoms with Crippen LogP contribution in [0.3, 0.4) is 0 Å². The van der Waals surface area contributed by atoms with E-state index in [1.807, 2.05) is 0 Å². The highest BCUT2D eigenvalue weighted by atomic mass is 35.5. The SMILES string of the molecule is COc1cc(C(C)=O)ccc1OC(C)C(=O)Nc1cc(Cl)cc(Cl)c1. The number of anilines is 1. The lowest BCUT2D eigenvalue weighted by atomic mass is 10.1. The van der Waals surface area contributed by atoms with Crippen molar-refractivity contribution in [3.05, 3.63) is 52.0 Å². The number of hydrogen-bond acceptors (Lipinski definition) is 4. The third-order valence-corrected chi connectivity index (χ3v) is 3.81. The lowest BCUT2D eigenvalue weighted by molar-refractivity contribution is -0.122. The molecular weight excluding hydrogens is 365 g/mol. The standard InChI is InChI=1S/C18H17Cl2NO4/c1-10(22)12-4-5-16(17(6-12)24-3)25-11(2)18(23)21-15-8-13(19)7-14(20)9-15/h4-9,11H,1-3H3,(H,21,23). The summed E-state index contributed by atoms with van der Waals surface area (Å²) in [6.45, 7) is 3.06. The van der Waals surface area contributed by atoms with E-state index in [1.54, 1.807) is 43.3 Å². The summed E-state index contributed by atoms with van der Waals surface area (Å²) in [5.74, 6) is 0.266. The Morgan fingerprint density at radius 1 is 1.04 bits per heavy atom. The van der Waals surface area contributed by atoms with Crippen molar-refractivity contribution in [1.82, 2.24) is 0 Å². The van der Waals surface area contributed by atoms with Gasteiger partial charge < -0.3 is 14.8 Å². The van der Waals surface area contributed by atoms with Crippen molar-refractivity contribution in [2.45, 2.75) is 20.0 Å². The third kappa shape index (κ3) is 5.11. The minimum absolute atomic E-state index is 0.0894. The summed E-state index contributed by atoms with van der Waals surface area (Å²) >= 11 is 11.8. The molecule has 0 bridgehead atoms. The molecule has 5 nitrogen and oxygen atoms in total. The number of methoxy groups -OCH3 is 1. The average Bonchev–Trinajstić information content (AvgIpc) is 2.53. The molecule has 2 rings (SSSR count). The van der Waals surface area contributed by atoms with Gasteiger partial charge in [-0.1, -0.05) is 23.2 Å². The summed E-state index contributed by atoms with van der Waals surface area (Å²) in [5.41, 5.74) is 0.965. The number of ketones is 1. The molecule has 2 aromatic rings. The zero-order valence-electron chi connectivity index (χ0n) is 13.9. The van der Waals surface area contributed by atoms with Gasteiger partial charge in [-0.15, -0.1) is 0 Å². The molecule has 0 heterocycles. The first-order chi connectivity index (χ1) is 11.8. The van der Waals surface area contributed by atoms with Crippen LogP contribution in [0.15, 0.2) is 36.4 Å². The van der Waals surface area contributed by atoms with Crippen molar-refractivity contribution in [1.29, 1.82) is 0 Å². The summed E-state index contributed by atoms with van der Waals surface area (Å²) in [6.07, 6.45) is -0.810. The van der Waals surface area contributed by atoms with Gasteiger partial charge in [0, 0.05) is 21.3 Å². The molecule has 2 aromatic carbocycles. The van der Waals surface area contributed by atoms with Gasteiger partial charge in [0.25, 0.3) is 5.91 Å². The van der Waals surface area contributed by atoms with E-state index < -0.39 is 6.10 Å². The Morgan fingerprint density at radius 2 is 1.68 bits per heavy atom. The molecule has 0 spiro atoms. The van der Waals surface area contributed by atoms with Crippen LogP contribution >= 0.6 is 23.2 Å². The second-order valence-corrected chi connectivity index (χ2v) is 6.20. The van der Waals surface area contributed by atoms with E-state index in [0.29, 0.717) is 32.8 Å². The van der Waals surface area contributed by atoms with Gasteiger partial charge in [0.05, 0.1) is 7.11 Å². The maximum atomic E-state index is 12.3. The van der Waals surface area contributed by atoms with Crippen LogP contribution in [0.5, 0.6) is 11.5 Å². The molecule has 132 valence electrons. The number of ether oxygens (including phenoxy) is 2. The Hall–Kier alpha value is -2.24. The maximum absolute atomic E-state index is 12.3. The monoisotopic (exact) mass is 381 g/mol. The summed E-state index contributed by atoms with van der Waals surface area (Å²) in [4.78, 5) is 23.7. The molecule has 0 aliphatic heterocycles. The molecule has 1 N–H and O–H groups in total. The molecule has 0 saturated heterocycles. The van der Waals surface area contributed by atoms with Crippen LogP contribution in [0.1, 0.15) is 24.2 Å². The van der Waals surface area contributed by atoms with Crippen LogP contribution in [0, 0.1) is 0 Å². The third-order valence-electron chi connectivity index (χ3n) is 3.37. The summed E-state index contributed by atoms with van der Waals surface area (Å²) in [7, 11) is 1.46. The Morgan fingerprint density at radius 3 is 2.24 bits per heavy atom. The highest BCUT2D eigenvalue weighted by molar-refractivity contribution is 6.35. The number of amides is 1. The first kappa shape index (κ1) is 19.1. The molecule has 0 aliphatic carbocycles. The fourth-order valence-corrected chi connectivity index (χ4v) is 2.62. The molecule has 7 heteroatoms. The number of carbonyl (C=O) groups is 2. The molecule has 1 atom stereocenters. The number of Topliss-reactive ketones (excluding diaryl/α,β-unsaturated/α-hetero) is 1. The lowest BCUT2D eigenvalue weighted by Gasteiger charge is -2.17. The molecular formula is C18H17Cl2NO4. The van der Waals surface area contributed by atoms with Crippen LogP contribution in [0.4, 0.5) is 5.69 Å². The Labute approximate surface area is 155 Å². The van der Waals surface area contributed by atoms with E-state index in [4.69, 9.17) is 32.7 Å². The van der Waals surface area contributed by atoms with Gasteiger partial charge >= 0.3 is 0 Å². The highest BCUT2D eigenvalue weighted by Gasteiger charge is 2.18. The van der Waals surface area contributed by atoms with E-state index in [1.165, 1.54) is 14.0 Å². The first-order valence-electron chi connectivity index (χ1n) is 7.42. The van der Waals surface area contributed by atoms with Crippen molar-refractivity contribution in [3.8, 4) is 11.5 Å². The van der Waals surface area contributed by atoms with E-state index in [9.17, 15) is 9.59 Å². The molecule has 0 saturated carbocycles. The van der Waals surface area contributed by atoms with E-state index >= 15 is 0 Å². The number of carbonyl (C=O) groups excluding carboxylic acids is 2. The van der Waals surface area contributed by atoms with Crippen LogP contribution in [0.25, 0.3) is 0 Å². The van der Waals surface area contributed by atoms with Crippen molar-refractivity contribution in [2.75, 3.05) is 12.4 Å². The normalized spacial score (nSPS) is 11.6. The summed E-state index contributed by atoms with van der Waals surface area (Å²) < 4.78 is 10.9. The molecule has 0 radical (unpaired) electrons. The van der Waals surface area contributed by atoms with Crippen molar-refractivity contribution >= 4 is 40.6 Å². The van der Waals surface area contributed by atoms with Gasteiger partial charge in [-0.2, -0.15) is 0 Å². The predicted octanol–water partition coefficient (Wildman–Crippen LogP) is 4.61. The Kier molecular flexibility index (Phi) is 6.28. The van der Waals surface area contributed by atoms with E-state index in [0.717, 1.165) is 0 Å². The van der Waals surface area contributed by atoms with Gasteiger partial charge in [0.2, 0.25) is 0 Å². The smallest absolute Gasteiger partial charge is 0.265 e. The first-order valence-corrected chi connectivity index (χ1v) is 8.18. The number of benzene rings is 2. The molecule has 25 heavy (non-hydrogen) atoms. The number of halogens is 2. The molecule has 0 aromatic heterocycles. The molecule has 0 aliphatic rings. The number of nitrogens with one attached hydrogen (secondary N) is 1. The lowest BCUT2D eigenvalue weighted by Crippen LogP contribution is -2.30. The van der Waals surface area contributed by atoms with Crippen LogP contribution in [-0.4, -0.2) is 24.9 Å². The van der Waals surface area contributed by atoms with Gasteiger partial charge in [0.15, 0.2) is 23.4 Å². The van der Waals surface area contributed by atoms with E-state index in [-0.39, 0.29) is 11.7 Å². The van der Waals surface area contributed by atoms with Gasteiger partial charge in [-0.25, -0.2) is 0 Å². The van der Waals surface area contributed by atoms with Crippen molar-refractivity contribution in [2.24, 2.45) is 0 Å². The summed E-state index contributed by atoms with van der Waals surface area (Å²) in [6, 6.07) is 9.51. The minimum Gasteiger partial charge on any atom is -0.493 e.